The Kier molecular flexibility index (Phi) is 8.78. The molecule has 0 aromatic carbocycles. The summed E-state index contributed by atoms with van der Waals surface area (Å²) in [5, 5.41) is 0. The number of hydrogen-bond donors (Lipinski definition) is 0. The number of rotatable bonds is 12. The minimum Gasteiger partial charge on any atom is -0.326 e. The van der Waals surface area contributed by atoms with Crippen LogP contribution in [0.1, 0.15) is 48.5 Å². The van der Waals surface area contributed by atoms with E-state index in [9.17, 15) is 0 Å². The fraction of sp³-hybridized carbons (Fsp3) is 1.00. The Labute approximate surface area is 148 Å². The minimum absolute atomic E-state index is 0.377. The predicted molar refractivity (Wildman–Crippen MR) is 105 cm³/mol. The largest absolute Gasteiger partial charge is 0.326 e. The highest BCUT2D eigenvalue weighted by Gasteiger charge is 2.44. The summed E-state index contributed by atoms with van der Waals surface area (Å²) in [5.74, 6) is 0. The topological polar surface area (TPSA) is 0 Å². The predicted octanol–water partition coefficient (Wildman–Crippen LogP) is 3.45. The lowest BCUT2D eigenvalue weighted by Gasteiger charge is -2.48. The molecule has 0 unspecified atom stereocenters. The number of nitrogens with zero attached hydrogens (tertiary/aromatic N) is 3. The van der Waals surface area contributed by atoms with Crippen LogP contribution in [-0.2, 0) is 0 Å². The van der Waals surface area contributed by atoms with Gasteiger partial charge >= 0.3 is 0 Å². The Morgan fingerprint density at radius 1 is 0.478 bits per heavy atom. The van der Waals surface area contributed by atoms with Crippen molar-refractivity contribution < 1.29 is 13.4 Å². The third-order valence-corrected chi connectivity index (χ3v) is 6.87. The lowest BCUT2D eigenvalue weighted by molar-refractivity contribution is -0.957. The SMILES string of the molecule is CC[N+](C)(CC)CC(C)(C[N+](C)(CC)CC)C[N+](C)(CC)CC. The number of hydrogen-bond acceptors (Lipinski definition) is 0. The molecule has 3 heteroatoms. The molecule has 0 atom stereocenters. The van der Waals surface area contributed by atoms with Crippen LogP contribution in [0.2, 0.25) is 0 Å². The molecule has 0 aliphatic rings. The van der Waals surface area contributed by atoms with Crippen molar-refractivity contribution in [2.24, 2.45) is 5.41 Å². The van der Waals surface area contributed by atoms with Gasteiger partial charge in [-0.1, -0.05) is 0 Å². The summed E-state index contributed by atoms with van der Waals surface area (Å²) in [4.78, 5) is 0. The van der Waals surface area contributed by atoms with Crippen LogP contribution in [0.3, 0.4) is 0 Å². The van der Waals surface area contributed by atoms with E-state index in [1.54, 1.807) is 0 Å². The van der Waals surface area contributed by atoms with E-state index in [0.717, 1.165) is 0 Å². The first-order valence-electron chi connectivity index (χ1n) is 9.99. The lowest BCUT2D eigenvalue weighted by atomic mass is 9.85. The van der Waals surface area contributed by atoms with Gasteiger partial charge in [0.05, 0.1) is 80.0 Å². The van der Waals surface area contributed by atoms with Gasteiger partial charge in [-0.3, -0.25) is 0 Å². The zero-order valence-electron chi connectivity index (χ0n) is 18.2. The van der Waals surface area contributed by atoms with E-state index < -0.39 is 0 Å². The molecule has 0 bridgehead atoms. The van der Waals surface area contributed by atoms with Gasteiger partial charge in [-0.25, -0.2) is 0 Å². The summed E-state index contributed by atoms with van der Waals surface area (Å²) >= 11 is 0. The maximum atomic E-state index is 2.57. The van der Waals surface area contributed by atoms with E-state index in [1.165, 1.54) is 72.4 Å². The maximum absolute atomic E-state index is 2.57. The second kappa shape index (κ2) is 8.82. The van der Waals surface area contributed by atoms with E-state index in [2.05, 4.69) is 69.6 Å². The standard InChI is InChI=1S/C20H48N3/c1-11-21(8,12-2)17-20(7,18-22(9,13-3)14-4)19-23(10,15-5)16-6/h11-19H2,1-10H3/q+3. The molecule has 0 saturated carbocycles. The molecule has 0 fully saturated rings. The average Bonchev–Trinajstić information content (AvgIpc) is 2.53. The van der Waals surface area contributed by atoms with Crippen LogP contribution in [-0.4, -0.2) is 93.5 Å². The quantitative estimate of drug-likeness (QED) is 0.481. The van der Waals surface area contributed by atoms with E-state index in [0.29, 0.717) is 5.41 Å². The van der Waals surface area contributed by atoms with Crippen LogP contribution < -0.4 is 0 Å². The Bertz CT molecular complexity index is 275. The van der Waals surface area contributed by atoms with Gasteiger partial charge in [0.2, 0.25) is 0 Å². The summed E-state index contributed by atoms with van der Waals surface area (Å²) in [6.07, 6.45) is 0. The van der Waals surface area contributed by atoms with Gasteiger partial charge in [0.15, 0.2) is 0 Å². The molecule has 0 radical (unpaired) electrons. The second-order valence-electron chi connectivity index (χ2n) is 9.04. The zero-order chi connectivity index (χ0) is 18.4. The van der Waals surface area contributed by atoms with Gasteiger partial charge in [0.1, 0.15) is 5.41 Å². The van der Waals surface area contributed by atoms with Crippen LogP contribution in [0.4, 0.5) is 0 Å². The van der Waals surface area contributed by atoms with Crippen LogP contribution in [0, 0.1) is 5.41 Å². The van der Waals surface area contributed by atoms with Crippen molar-refractivity contribution in [1.29, 1.82) is 0 Å². The highest BCUT2D eigenvalue weighted by molar-refractivity contribution is 4.75. The molecule has 140 valence electrons. The first-order chi connectivity index (χ1) is 10.5. The molecule has 0 aromatic rings. The van der Waals surface area contributed by atoms with Crippen LogP contribution in [0.5, 0.6) is 0 Å². The Hall–Kier alpha value is -0.120. The molecule has 0 aliphatic carbocycles. The zero-order valence-corrected chi connectivity index (χ0v) is 18.2. The Morgan fingerprint density at radius 3 is 0.783 bits per heavy atom. The van der Waals surface area contributed by atoms with Crippen molar-refractivity contribution in [2.75, 3.05) is 80.0 Å². The first-order valence-corrected chi connectivity index (χ1v) is 9.99. The fourth-order valence-electron chi connectivity index (χ4n) is 4.26. The van der Waals surface area contributed by atoms with E-state index in [-0.39, 0.29) is 0 Å². The van der Waals surface area contributed by atoms with Gasteiger partial charge < -0.3 is 13.4 Å². The molecule has 0 saturated heterocycles. The molecule has 0 heterocycles. The maximum Gasteiger partial charge on any atom is 0.114 e. The summed E-state index contributed by atoms with van der Waals surface area (Å²) in [5.41, 5.74) is 0.377. The smallest absolute Gasteiger partial charge is 0.114 e. The van der Waals surface area contributed by atoms with Gasteiger partial charge in [0, 0.05) is 0 Å². The highest BCUT2D eigenvalue weighted by atomic mass is 15.4. The normalized spacial score (nSPS) is 14.3. The molecule has 0 aromatic heterocycles. The molecular formula is C20H48N3+3. The summed E-state index contributed by atoms with van der Waals surface area (Å²) in [6, 6.07) is 0. The summed E-state index contributed by atoms with van der Waals surface area (Å²) in [7, 11) is 7.34. The van der Waals surface area contributed by atoms with Gasteiger partial charge in [-0.15, -0.1) is 0 Å². The third kappa shape index (κ3) is 6.72. The van der Waals surface area contributed by atoms with E-state index >= 15 is 0 Å². The Balaban J connectivity index is 5.59. The molecule has 23 heavy (non-hydrogen) atoms. The molecule has 0 spiro atoms. The van der Waals surface area contributed by atoms with Crippen molar-refractivity contribution in [3.05, 3.63) is 0 Å². The van der Waals surface area contributed by atoms with Gasteiger partial charge in [-0.05, 0) is 48.5 Å². The molecule has 0 amide bonds. The van der Waals surface area contributed by atoms with Crippen molar-refractivity contribution in [2.45, 2.75) is 48.5 Å². The highest BCUT2D eigenvalue weighted by Crippen LogP contribution is 2.29. The number of quaternary nitrogens is 3. The van der Waals surface area contributed by atoms with Gasteiger partial charge in [-0.2, -0.15) is 0 Å². The summed E-state index contributed by atoms with van der Waals surface area (Å²) < 4.78 is 3.58. The van der Waals surface area contributed by atoms with Crippen molar-refractivity contribution >= 4 is 0 Å². The summed E-state index contributed by atoms with van der Waals surface area (Å²) in [6.45, 7) is 28.0. The van der Waals surface area contributed by atoms with Crippen LogP contribution in [0.15, 0.2) is 0 Å². The van der Waals surface area contributed by atoms with Crippen LogP contribution >= 0.6 is 0 Å². The van der Waals surface area contributed by atoms with E-state index in [1.807, 2.05) is 0 Å². The van der Waals surface area contributed by atoms with Crippen LogP contribution in [0.25, 0.3) is 0 Å². The molecule has 3 nitrogen and oxygen atoms in total. The second-order valence-corrected chi connectivity index (χ2v) is 9.04. The first kappa shape index (κ1) is 22.9. The third-order valence-electron chi connectivity index (χ3n) is 6.87. The van der Waals surface area contributed by atoms with Crippen molar-refractivity contribution in [3.63, 3.8) is 0 Å². The monoisotopic (exact) mass is 330 g/mol. The van der Waals surface area contributed by atoms with Crippen molar-refractivity contribution in [3.8, 4) is 0 Å². The minimum atomic E-state index is 0.377. The molecule has 0 aliphatic heterocycles. The lowest BCUT2D eigenvalue weighted by Crippen LogP contribution is -2.63. The van der Waals surface area contributed by atoms with E-state index in [4.69, 9.17) is 0 Å². The molecule has 0 N–H and O–H groups in total. The molecule has 0 rings (SSSR count). The average molecular weight is 331 g/mol. The Morgan fingerprint density at radius 2 is 0.652 bits per heavy atom. The molecular weight excluding hydrogens is 282 g/mol. The fourth-order valence-corrected chi connectivity index (χ4v) is 4.26. The van der Waals surface area contributed by atoms with Gasteiger partial charge in [0.25, 0.3) is 0 Å². The van der Waals surface area contributed by atoms with Crippen molar-refractivity contribution in [1.82, 2.24) is 0 Å².